The van der Waals surface area contributed by atoms with E-state index in [0.717, 1.165) is 24.0 Å². The van der Waals surface area contributed by atoms with Crippen molar-refractivity contribution in [2.75, 3.05) is 20.2 Å². The van der Waals surface area contributed by atoms with Crippen molar-refractivity contribution in [3.05, 3.63) is 42.5 Å². The van der Waals surface area contributed by atoms with Crippen LogP contribution in [0.5, 0.6) is 0 Å². The highest BCUT2D eigenvalue weighted by Crippen LogP contribution is 2.09. The van der Waals surface area contributed by atoms with Gasteiger partial charge in [0.25, 0.3) is 0 Å². The molecule has 0 aliphatic heterocycles. The molecular formula is C17H26N6O. The molecule has 130 valence electrons. The Hall–Kier alpha value is -2.41. The fourth-order valence-corrected chi connectivity index (χ4v) is 2.03. The molecule has 2 N–H and O–H groups in total. The summed E-state index contributed by atoms with van der Waals surface area (Å²) in [6.07, 6.45) is 1.70. The van der Waals surface area contributed by atoms with E-state index in [9.17, 15) is 0 Å². The van der Waals surface area contributed by atoms with Crippen LogP contribution < -0.4 is 10.6 Å². The Kier molecular flexibility index (Phi) is 6.31. The summed E-state index contributed by atoms with van der Waals surface area (Å²) in [7, 11) is 1.70. The number of aliphatic imine (C=N–C) groups is 1. The van der Waals surface area contributed by atoms with Gasteiger partial charge in [-0.1, -0.05) is 18.2 Å². The maximum Gasteiger partial charge on any atom is 0.191 e. The normalized spacial score (nSPS) is 12.2. The molecule has 0 atom stereocenters. The van der Waals surface area contributed by atoms with Crippen LogP contribution in [0.1, 0.15) is 26.6 Å². The van der Waals surface area contributed by atoms with E-state index in [2.05, 4.69) is 25.8 Å². The zero-order valence-electron chi connectivity index (χ0n) is 14.8. The molecule has 0 spiro atoms. The molecule has 0 saturated carbocycles. The smallest absolute Gasteiger partial charge is 0.191 e. The first kappa shape index (κ1) is 17.9. The molecule has 7 nitrogen and oxygen atoms in total. The average Bonchev–Trinajstić information content (AvgIpc) is 3.07. The number of aromatic nitrogens is 3. The molecule has 2 aromatic rings. The third kappa shape index (κ3) is 5.06. The van der Waals surface area contributed by atoms with E-state index in [0.29, 0.717) is 13.1 Å². The van der Waals surface area contributed by atoms with Crippen molar-refractivity contribution in [3.63, 3.8) is 0 Å². The standard InChI is InChI=1S/C17H26N6O/c1-5-18-16(20-12-17(2,3)24-4)19-11-15-22-21-13-23(15)14-9-7-6-8-10-14/h6-10,13H,5,11-12H2,1-4H3,(H2,18,19,20). The molecule has 0 amide bonds. The van der Waals surface area contributed by atoms with Crippen molar-refractivity contribution in [2.24, 2.45) is 4.99 Å². The van der Waals surface area contributed by atoms with Gasteiger partial charge in [0, 0.05) is 25.9 Å². The van der Waals surface area contributed by atoms with Crippen LogP contribution in [0.4, 0.5) is 0 Å². The van der Waals surface area contributed by atoms with Crippen molar-refractivity contribution in [1.29, 1.82) is 0 Å². The van der Waals surface area contributed by atoms with Gasteiger partial charge in [0.1, 0.15) is 12.9 Å². The lowest BCUT2D eigenvalue weighted by Gasteiger charge is -2.24. The minimum absolute atomic E-state index is 0.264. The molecule has 0 fully saturated rings. The van der Waals surface area contributed by atoms with Crippen LogP contribution in [0.15, 0.2) is 41.7 Å². The van der Waals surface area contributed by atoms with E-state index >= 15 is 0 Å². The predicted molar refractivity (Wildman–Crippen MR) is 95.3 cm³/mol. The van der Waals surface area contributed by atoms with Gasteiger partial charge in [0.15, 0.2) is 11.8 Å². The Morgan fingerprint density at radius 3 is 2.67 bits per heavy atom. The number of nitrogens with one attached hydrogen (secondary N) is 2. The van der Waals surface area contributed by atoms with E-state index in [1.54, 1.807) is 13.4 Å². The molecule has 0 bridgehead atoms. The summed E-state index contributed by atoms with van der Waals surface area (Å²) in [5, 5.41) is 14.7. The van der Waals surface area contributed by atoms with E-state index in [-0.39, 0.29) is 5.60 Å². The van der Waals surface area contributed by atoms with Gasteiger partial charge in [0.05, 0.1) is 5.60 Å². The van der Waals surface area contributed by atoms with E-state index in [1.165, 1.54) is 0 Å². The maximum absolute atomic E-state index is 5.42. The van der Waals surface area contributed by atoms with Crippen LogP contribution >= 0.6 is 0 Å². The topological polar surface area (TPSA) is 76.4 Å². The highest BCUT2D eigenvalue weighted by atomic mass is 16.5. The third-order valence-corrected chi connectivity index (χ3v) is 3.61. The van der Waals surface area contributed by atoms with Gasteiger partial charge in [-0.15, -0.1) is 10.2 Å². The second kappa shape index (κ2) is 8.44. The molecule has 1 heterocycles. The van der Waals surface area contributed by atoms with Gasteiger partial charge in [0.2, 0.25) is 0 Å². The van der Waals surface area contributed by atoms with Crippen LogP contribution in [-0.2, 0) is 11.3 Å². The highest BCUT2D eigenvalue weighted by Gasteiger charge is 2.16. The van der Waals surface area contributed by atoms with Crippen molar-refractivity contribution in [1.82, 2.24) is 25.4 Å². The Morgan fingerprint density at radius 1 is 1.25 bits per heavy atom. The number of benzene rings is 1. The average molecular weight is 330 g/mol. The molecule has 0 radical (unpaired) electrons. The number of methoxy groups -OCH3 is 1. The van der Waals surface area contributed by atoms with Gasteiger partial charge >= 0.3 is 0 Å². The molecule has 2 rings (SSSR count). The van der Waals surface area contributed by atoms with Gasteiger partial charge in [-0.3, -0.25) is 4.57 Å². The summed E-state index contributed by atoms with van der Waals surface area (Å²) in [4.78, 5) is 4.59. The van der Waals surface area contributed by atoms with Gasteiger partial charge in [-0.25, -0.2) is 4.99 Å². The van der Waals surface area contributed by atoms with Crippen molar-refractivity contribution in [2.45, 2.75) is 32.9 Å². The van der Waals surface area contributed by atoms with Gasteiger partial charge in [-0.2, -0.15) is 0 Å². The summed E-state index contributed by atoms with van der Waals surface area (Å²) in [5.41, 5.74) is 0.756. The van der Waals surface area contributed by atoms with Crippen LogP contribution in [0.25, 0.3) is 5.69 Å². The second-order valence-electron chi connectivity index (χ2n) is 5.97. The third-order valence-electron chi connectivity index (χ3n) is 3.61. The predicted octanol–water partition coefficient (Wildman–Crippen LogP) is 1.75. The number of rotatable bonds is 7. The lowest BCUT2D eigenvalue weighted by Crippen LogP contribution is -2.45. The lowest BCUT2D eigenvalue weighted by molar-refractivity contribution is 0.0268. The Labute approximate surface area is 143 Å². The van der Waals surface area contributed by atoms with E-state index in [4.69, 9.17) is 4.74 Å². The molecule has 1 aromatic heterocycles. The van der Waals surface area contributed by atoms with Crippen LogP contribution in [-0.4, -0.2) is 46.5 Å². The van der Waals surface area contributed by atoms with Crippen molar-refractivity contribution < 1.29 is 4.74 Å². The van der Waals surface area contributed by atoms with Crippen molar-refractivity contribution >= 4 is 5.96 Å². The zero-order valence-corrected chi connectivity index (χ0v) is 14.8. The number of nitrogens with zero attached hydrogens (tertiary/aromatic N) is 4. The van der Waals surface area contributed by atoms with E-state index in [1.807, 2.05) is 55.7 Å². The summed E-state index contributed by atoms with van der Waals surface area (Å²) >= 11 is 0. The van der Waals surface area contributed by atoms with Gasteiger partial charge < -0.3 is 15.4 Å². The first-order chi connectivity index (χ1) is 11.6. The summed E-state index contributed by atoms with van der Waals surface area (Å²) in [6.45, 7) is 7.94. The molecular weight excluding hydrogens is 304 g/mol. The second-order valence-corrected chi connectivity index (χ2v) is 5.97. The van der Waals surface area contributed by atoms with Crippen LogP contribution in [0.3, 0.4) is 0 Å². The molecule has 0 aliphatic rings. The molecule has 7 heteroatoms. The number of para-hydroxylation sites is 1. The Morgan fingerprint density at radius 2 is 2.00 bits per heavy atom. The Balaban J connectivity index is 2.08. The molecule has 0 unspecified atom stereocenters. The molecule has 1 aromatic carbocycles. The minimum atomic E-state index is -0.264. The fourth-order valence-electron chi connectivity index (χ4n) is 2.03. The maximum atomic E-state index is 5.42. The quantitative estimate of drug-likeness (QED) is 0.597. The van der Waals surface area contributed by atoms with Crippen molar-refractivity contribution in [3.8, 4) is 5.69 Å². The summed E-state index contributed by atoms with van der Waals surface area (Å²) in [6, 6.07) is 9.99. The number of hydrogen-bond donors (Lipinski definition) is 2. The fraction of sp³-hybridized carbons (Fsp3) is 0.471. The van der Waals surface area contributed by atoms with Gasteiger partial charge in [-0.05, 0) is 32.9 Å². The summed E-state index contributed by atoms with van der Waals surface area (Å²) < 4.78 is 7.36. The SMILES string of the molecule is CCNC(=NCc1nncn1-c1ccccc1)NCC(C)(C)OC. The number of hydrogen-bond acceptors (Lipinski definition) is 4. The zero-order chi connectivity index (χ0) is 17.4. The highest BCUT2D eigenvalue weighted by molar-refractivity contribution is 5.79. The number of guanidine groups is 1. The Bertz CT molecular complexity index is 650. The first-order valence-electron chi connectivity index (χ1n) is 8.07. The molecule has 0 aliphatic carbocycles. The van der Waals surface area contributed by atoms with Crippen LogP contribution in [0.2, 0.25) is 0 Å². The monoisotopic (exact) mass is 330 g/mol. The lowest BCUT2D eigenvalue weighted by atomic mass is 10.1. The summed E-state index contributed by atoms with van der Waals surface area (Å²) in [5.74, 6) is 1.51. The molecule has 24 heavy (non-hydrogen) atoms. The minimum Gasteiger partial charge on any atom is -0.377 e. The van der Waals surface area contributed by atoms with Crippen LogP contribution in [0, 0.1) is 0 Å². The largest absolute Gasteiger partial charge is 0.377 e. The van der Waals surface area contributed by atoms with E-state index < -0.39 is 0 Å². The molecule has 0 saturated heterocycles. The number of ether oxygens (including phenoxy) is 1. The first-order valence-corrected chi connectivity index (χ1v) is 8.07.